The van der Waals surface area contributed by atoms with Crippen molar-refractivity contribution in [3.05, 3.63) is 82.2 Å². The van der Waals surface area contributed by atoms with Crippen molar-refractivity contribution in [2.24, 2.45) is 0 Å². The van der Waals surface area contributed by atoms with E-state index in [4.69, 9.17) is 0 Å². The first-order valence-electron chi connectivity index (χ1n) is 11.9. The largest absolute Gasteiger partial charge is 0.433 e. The van der Waals surface area contributed by atoms with Gasteiger partial charge in [0.05, 0.1) is 30.0 Å². The number of benzene rings is 2. The monoisotopic (exact) mass is 510 g/mol. The average molecular weight is 511 g/mol. The Morgan fingerprint density at radius 1 is 1.16 bits per heavy atom. The second kappa shape index (κ2) is 9.81. The Labute approximate surface area is 210 Å². The first-order valence-corrected chi connectivity index (χ1v) is 11.9. The molecule has 1 aliphatic rings. The van der Waals surface area contributed by atoms with Crippen LogP contribution in [0.3, 0.4) is 0 Å². The number of halogens is 3. The minimum absolute atomic E-state index is 0.115. The number of likely N-dealkylation sites (tertiary alicyclic amines) is 1. The summed E-state index contributed by atoms with van der Waals surface area (Å²) in [6.45, 7) is 2.07. The van der Waals surface area contributed by atoms with E-state index >= 15 is 0 Å². The molecule has 0 atom stereocenters. The molecule has 37 heavy (non-hydrogen) atoms. The van der Waals surface area contributed by atoms with Crippen LogP contribution in [0.25, 0.3) is 22.0 Å². The number of nitrogens with one attached hydrogen (secondary N) is 2. The maximum atomic E-state index is 13.2. The maximum absolute atomic E-state index is 13.2. The number of aromatic nitrogens is 4. The van der Waals surface area contributed by atoms with Gasteiger partial charge in [0.2, 0.25) is 0 Å². The van der Waals surface area contributed by atoms with E-state index in [1.807, 2.05) is 11.2 Å². The number of alkyl halides is 3. The van der Waals surface area contributed by atoms with Crippen molar-refractivity contribution < 1.29 is 18.0 Å². The van der Waals surface area contributed by atoms with Crippen molar-refractivity contribution in [3.63, 3.8) is 0 Å². The minimum atomic E-state index is -4.59. The van der Waals surface area contributed by atoms with E-state index in [2.05, 4.69) is 27.3 Å². The van der Waals surface area contributed by atoms with Crippen LogP contribution in [0.4, 0.5) is 13.2 Å². The first kappa shape index (κ1) is 24.7. The number of hydrogen-bond donors (Lipinski definition) is 2. The molecule has 1 saturated heterocycles. The topological polar surface area (TPSA) is 95.9 Å². The van der Waals surface area contributed by atoms with Gasteiger partial charge in [0.1, 0.15) is 5.69 Å². The van der Waals surface area contributed by atoms with Crippen molar-refractivity contribution in [1.29, 1.82) is 0 Å². The summed E-state index contributed by atoms with van der Waals surface area (Å²) < 4.78 is 41.2. The van der Waals surface area contributed by atoms with Gasteiger partial charge in [-0.3, -0.25) is 19.3 Å². The summed E-state index contributed by atoms with van der Waals surface area (Å²) in [7, 11) is 2.06. The normalized spacial score (nSPS) is 15.2. The van der Waals surface area contributed by atoms with Gasteiger partial charge in [0.15, 0.2) is 0 Å². The number of nitrogens with zero attached hydrogens (tertiary/aromatic N) is 4. The number of H-pyrrole nitrogens is 1. The van der Waals surface area contributed by atoms with Crippen LogP contribution in [0.15, 0.2) is 59.8 Å². The highest BCUT2D eigenvalue weighted by Gasteiger charge is 2.36. The van der Waals surface area contributed by atoms with Gasteiger partial charge in [-0.2, -0.15) is 18.3 Å². The molecule has 5 rings (SSSR count). The molecule has 192 valence electrons. The van der Waals surface area contributed by atoms with E-state index in [9.17, 15) is 22.8 Å². The summed E-state index contributed by atoms with van der Waals surface area (Å²) >= 11 is 0. The fourth-order valence-electron chi connectivity index (χ4n) is 4.59. The molecule has 2 N–H and O–H groups in total. The molecule has 1 fully saturated rings. The first-order chi connectivity index (χ1) is 17.7. The van der Waals surface area contributed by atoms with Crippen LogP contribution in [-0.4, -0.2) is 56.7 Å². The lowest BCUT2D eigenvalue weighted by molar-refractivity contribution is -0.140. The van der Waals surface area contributed by atoms with Crippen LogP contribution in [-0.2, 0) is 12.7 Å². The second-order valence-corrected chi connectivity index (χ2v) is 9.32. The molecule has 2 aromatic carbocycles. The third kappa shape index (κ3) is 5.26. The number of carbonyl (C=O) groups is 1. The average Bonchev–Trinajstić information content (AvgIpc) is 3.38. The minimum Gasteiger partial charge on any atom is -0.349 e. The van der Waals surface area contributed by atoms with Gasteiger partial charge in [-0.15, -0.1) is 0 Å². The maximum Gasteiger partial charge on any atom is 0.433 e. The molecule has 8 nitrogen and oxygen atoms in total. The Morgan fingerprint density at radius 2 is 1.95 bits per heavy atom. The molecular formula is C26H25F3N6O2. The zero-order chi connectivity index (χ0) is 26.2. The summed E-state index contributed by atoms with van der Waals surface area (Å²) in [6.07, 6.45) is -0.323. The van der Waals surface area contributed by atoms with Gasteiger partial charge in [-0.05, 0) is 68.4 Å². The molecule has 0 saturated carbocycles. The second-order valence-electron chi connectivity index (χ2n) is 9.32. The molecule has 1 aliphatic heterocycles. The molecule has 0 unspecified atom stereocenters. The fraction of sp³-hybridized carbons (Fsp3) is 0.308. The van der Waals surface area contributed by atoms with E-state index in [0.29, 0.717) is 5.56 Å². The summed E-state index contributed by atoms with van der Waals surface area (Å²) in [5, 5.41) is 8.87. The zero-order valence-corrected chi connectivity index (χ0v) is 20.0. The third-order valence-corrected chi connectivity index (χ3v) is 6.65. The van der Waals surface area contributed by atoms with Crippen LogP contribution >= 0.6 is 0 Å². The molecule has 4 aromatic rings. The van der Waals surface area contributed by atoms with E-state index in [1.54, 1.807) is 18.2 Å². The molecule has 0 bridgehead atoms. The van der Waals surface area contributed by atoms with Gasteiger partial charge in [-0.1, -0.05) is 18.2 Å². The predicted molar refractivity (Wildman–Crippen MR) is 132 cm³/mol. The summed E-state index contributed by atoms with van der Waals surface area (Å²) in [4.78, 5) is 32.4. The van der Waals surface area contributed by atoms with Crippen molar-refractivity contribution in [2.45, 2.75) is 31.6 Å². The molecule has 0 aliphatic carbocycles. The molecule has 0 radical (unpaired) electrons. The van der Waals surface area contributed by atoms with Gasteiger partial charge in [0, 0.05) is 17.2 Å². The highest BCUT2D eigenvalue weighted by atomic mass is 19.4. The summed E-state index contributed by atoms with van der Waals surface area (Å²) in [5.41, 5.74) is 0.394. The molecular weight excluding hydrogens is 485 g/mol. The number of hydrogen-bond acceptors (Lipinski definition) is 5. The van der Waals surface area contributed by atoms with E-state index < -0.39 is 11.9 Å². The van der Waals surface area contributed by atoms with Crippen LogP contribution in [0, 0.1) is 0 Å². The number of fused-ring (bicyclic) bond motifs is 1. The lowest BCUT2D eigenvalue weighted by Gasteiger charge is -2.29. The van der Waals surface area contributed by atoms with E-state index in [-0.39, 0.29) is 46.1 Å². The fourth-order valence-corrected chi connectivity index (χ4v) is 4.59. The molecule has 2 aromatic heterocycles. The van der Waals surface area contributed by atoms with E-state index in [0.717, 1.165) is 37.7 Å². The molecule has 3 heterocycles. The van der Waals surface area contributed by atoms with E-state index in [1.165, 1.54) is 29.1 Å². The van der Waals surface area contributed by atoms with Crippen LogP contribution < -0.4 is 10.9 Å². The summed E-state index contributed by atoms with van der Waals surface area (Å²) in [5.74, 6) is -0.148. The Kier molecular flexibility index (Phi) is 6.55. The Bertz CT molecular complexity index is 1500. The molecule has 1 amide bonds. The highest BCUT2D eigenvalue weighted by molar-refractivity contribution is 5.94. The molecule has 11 heteroatoms. The van der Waals surface area contributed by atoms with Crippen LogP contribution in [0.5, 0.6) is 0 Å². The van der Waals surface area contributed by atoms with Crippen molar-refractivity contribution >= 4 is 16.8 Å². The third-order valence-electron chi connectivity index (χ3n) is 6.65. The predicted octanol–water partition coefficient (Wildman–Crippen LogP) is 3.68. The smallest absolute Gasteiger partial charge is 0.349 e. The van der Waals surface area contributed by atoms with Gasteiger partial charge in [0.25, 0.3) is 11.5 Å². The van der Waals surface area contributed by atoms with Gasteiger partial charge in [-0.25, -0.2) is 4.98 Å². The van der Waals surface area contributed by atoms with Gasteiger partial charge >= 0.3 is 6.18 Å². The number of amides is 1. The van der Waals surface area contributed by atoms with Gasteiger partial charge < -0.3 is 10.2 Å². The Hall–Kier alpha value is -3.99. The number of piperidine rings is 1. The Balaban J connectivity index is 1.36. The quantitative estimate of drug-likeness (QED) is 0.427. The number of carbonyl (C=O) groups excluding carboxylic acids is 1. The SMILES string of the molecule is CN1CCC(NC(=O)c2cccc(Cn3cnc4cc(-c5cn[nH]c5C(F)(F)F)ccc4c3=O)c2)CC1. The summed E-state index contributed by atoms with van der Waals surface area (Å²) in [6, 6.07) is 11.6. The number of aromatic amines is 1. The van der Waals surface area contributed by atoms with Crippen molar-refractivity contribution in [1.82, 2.24) is 30.0 Å². The van der Waals surface area contributed by atoms with Crippen molar-refractivity contribution in [2.75, 3.05) is 20.1 Å². The van der Waals surface area contributed by atoms with Crippen LogP contribution in [0.2, 0.25) is 0 Å². The van der Waals surface area contributed by atoms with Crippen LogP contribution in [0.1, 0.15) is 34.5 Å². The molecule has 0 spiro atoms. The Morgan fingerprint density at radius 3 is 2.70 bits per heavy atom. The zero-order valence-electron chi connectivity index (χ0n) is 20.0. The van der Waals surface area contributed by atoms with Crippen molar-refractivity contribution in [3.8, 4) is 11.1 Å². The lowest BCUT2D eigenvalue weighted by atomic mass is 10.0. The highest BCUT2D eigenvalue weighted by Crippen LogP contribution is 2.35. The lowest BCUT2D eigenvalue weighted by Crippen LogP contribution is -2.43. The standard InChI is InChI=1S/C26H25F3N6O2/c1-34-9-7-19(8-10-34)32-24(36)18-4-2-3-16(11-18)14-35-15-30-22-12-17(5-6-20(22)25(35)37)21-13-31-33-23(21)26(27,28)29/h2-6,11-13,15,19H,7-10,14H2,1H3,(H,31,33)(H,32,36). The number of rotatable bonds is 5.